The SMILES string of the molecule is Cc1ccc(CN(C)C)cc1NC(=O)CC1COCCN1.Cl.Cl. The molecule has 0 aliphatic carbocycles. The van der Waals surface area contributed by atoms with Crippen LogP contribution in [0.4, 0.5) is 5.69 Å². The Hall–Kier alpha value is -0.850. The molecular formula is C16H27Cl2N3O2. The molecule has 0 bridgehead atoms. The maximum atomic E-state index is 12.1. The van der Waals surface area contributed by atoms with Gasteiger partial charge in [0, 0.05) is 31.2 Å². The van der Waals surface area contributed by atoms with Gasteiger partial charge in [-0.3, -0.25) is 4.79 Å². The van der Waals surface area contributed by atoms with Gasteiger partial charge in [0.15, 0.2) is 0 Å². The summed E-state index contributed by atoms with van der Waals surface area (Å²) in [6, 6.07) is 6.32. The van der Waals surface area contributed by atoms with E-state index in [-0.39, 0.29) is 36.8 Å². The summed E-state index contributed by atoms with van der Waals surface area (Å²) in [5.74, 6) is 0.0307. The standard InChI is InChI=1S/C16H25N3O2.2ClH/c1-12-4-5-13(10-19(2)3)8-15(12)18-16(20)9-14-11-21-7-6-17-14;;/h4-5,8,14,17H,6-7,9-11H2,1-3H3,(H,18,20);2*1H. The molecule has 1 aliphatic rings. The van der Waals surface area contributed by atoms with Gasteiger partial charge in [-0.1, -0.05) is 12.1 Å². The van der Waals surface area contributed by atoms with Crippen LogP contribution in [0.5, 0.6) is 0 Å². The molecule has 0 radical (unpaired) electrons. The fourth-order valence-corrected chi connectivity index (χ4v) is 2.44. The topological polar surface area (TPSA) is 53.6 Å². The van der Waals surface area contributed by atoms with E-state index >= 15 is 0 Å². The van der Waals surface area contributed by atoms with Gasteiger partial charge in [-0.25, -0.2) is 0 Å². The number of amides is 1. The van der Waals surface area contributed by atoms with Crippen LogP contribution in [0, 0.1) is 6.92 Å². The first-order valence-electron chi connectivity index (χ1n) is 7.40. The minimum absolute atomic E-state index is 0. The fourth-order valence-electron chi connectivity index (χ4n) is 2.44. The summed E-state index contributed by atoms with van der Waals surface area (Å²) < 4.78 is 5.37. The van der Waals surface area contributed by atoms with Crippen LogP contribution in [0.15, 0.2) is 18.2 Å². The van der Waals surface area contributed by atoms with Crippen LogP contribution < -0.4 is 10.6 Å². The Morgan fingerprint density at radius 2 is 2.13 bits per heavy atom. The highest BCUT2D eigenvalue weighted by Crippen LogP contribution is 2.18. The molecule has 5 nitrogen and oxygen atoms in total. The number of hydrogen-bond acceptors (Lipinski definition) is 4. The van der Waals surface area contributed by atoms with Crippen molar-refractivity contribution in [1.82, 2.24) is 10.2 Å². The summed E-state index contributed by atoms with van der Waals surface area (Å²) in [6.45, 7) is 5.02. The van der Waals surface area contributed by atoms with Crippen molar-refractivity contribution in [2.45, 2.75) is 25.9 Å². The molecule has 1 amide bonds. The highest BCUT2D eigenvalue weighted by Gasteiger charge is 2.17. The number of hydrogen-bond donors (Lipinski definition) is 2. The summed E-state index contributed by atoms with van der Waals surface area (Å²) >= 11 is 0. The van der Waals surface area contributed by atoms with E-state index in [0.717, 1.165) is 30.9 Å². The van der Waals surface area contributed by atoms with Crippen molar-refractivity contribution in [3.05, 3.63) is 29.3 Å². The van der Waals surface area contributed by atoms with Gasteiger partial charge in [-0.05, 0) is 38.2 Å². The molecule has 1 aromatic carbocycles. The van der Waals surface area contributed by atoms with Gasteiger partial charge in [0.1, 0.15) is 0 Å². The molecular weight excluding hydrogens is 337 g/mol. The Morgan fingerprint density at radius 3 is 2.74 bits per heavy atom. The first-order chi connectivity index (χ1) is 10.0. The van der Waals surface area contributed by atoms with E-state index in [1.54, 1.807) is 0 Å². The zero-order chi connectivity index (χ0) is 15.2. The van der Waals surface area contributed by atoms with Gasteiger partial charge in [-0.15, -0.1) is 24.8 Å². The van der Waals surface area contributed by atoms with Crippen LogP contribution in [0.3, 0.4) is 0 Å². The Labute approximate surface area is 151 Å². The lowest BCUT2D eigenvalue weighted by molar-refractivity contribution is -0.117. The number of carbonyl (C=O) groups excluding carboxylic acids is 1. The van der Waals surface area contributed by atoms with Gasteiger partial charge in [0.2, 0.25) is 5.91 Å². The number of carbonyl (C=O) groups is 1. The number of morpholine rings is 1. The predicted molar refractivity (Wildman–Crippen MR) is 98.9 cm³/mol. The molecule has 0 aromatic heterocycles. The number of ether oxygens (including phenoxy) is 1. The second-order valence-corrected chi connectivity index (χ2v) is 5.87. The molecule has 23 heavy (non-hydrogen) atoms. The second-order valence-electron chi connectivity index (χ2n) is 5.87. The highest BCUT2D eigenvalue weighted by atomic mass is 35.5. The van der Waals surface area contributed by atoms with Crippen LogP contribution in [0.25, 0.3) is 0 Å². The van der Waals surface area contributed by atoms with E-state index in [4.69, 9.17) is 4.74 Å². The molecule has 0 spiro atoms. The molecule has 2 N–H and O–H groups in total. The first kappa shape index (κ1) is 22.1. The van der Waals surface area contributed by atoms with Crippen LogP contribution in [0.2, 0.25) is 0 Å². The number of halogens is 2. The van der Waals surface area contributed by atoms with Gasteiger partial charge in [-0.2, -0.15) is 0 Å². The Balaban J connectivity index is 0.00000242. The number of nitrogens with one attached hydrogen (secondary N) is 2. The quantitative estimate of drug-likeness (QED) is 0.841. The predicted octanol–water partition coefficient (Wildman–Crippen LogP) is 2.22. The molecule has 0 saturated carbocycles. The zero-order valence-electron chi connectivity index (χ0n) is 13.9. The molecule has 1 aliphatic heterocycles. The lowest BCUT2D eigenvalue weighted by atomic mass is 10.1. The molecule has 1 atom stereocenters. The minimum atomic E-state index is 0. The summed E-state index contributed by atoms with van der Waals surface area (Å²) in [7, 11) is 4.07. The van der Waals surface area contributed by atoms with Crippen molar-refractivity contribution >= 4 is 36.4 Å². The van der Waals surface area contributed by atoms with E-state index in [2.05, 4.69) is 33.7 Å². The van der Waals surface area contributed by atoms with Gasteiger partial charge in [0.25, 0.3) is 0 Å². The number of rotatable bonds is 5. The third kappa shape index (κ3) is 7.50. The second kappa shape index (κ2) is 10.8. The van der Waals surface area contributed by atoms with Gasteiger partial charge >= 0.3 is 0 Å². The summed E-state index contributed by atoms with van der Waals surface area (Å²) in [5.41, 5.74) is 3.18. The zero-order valence-corrected chi connectivity index (χ0v) is 15.6. The lowest BCUT2D eigenvalue weighted by Gasteiger charge is -2.23. The van der Waals surface area contributed by atoms with Crippen LogP contribution in [-0.2, 0) is 16.1 Å². The van der Waals surface area contributed by atoms with Crippen molar-refractivity contribution in [2.75, 3.05) is 39.2 Å². The van der Waals surface area contributed by atoms with Gasteiger partial charge < -0.3 is 20.3 Å². The fraction of sp³-hybridized carbons (Fsp3) is 0.562. The van der Waals surface area contributed by atoms with E-state index < -0.39 is 0 Å². The summed E-state index contributed by atoms with van der Waals surface area (Å²) in [5, 5.41) is 6.31. The van der Waals surface area contributed by atoms with Crippen LogP contribution >= 0.6 is 24.8 Å². The van der Waals surface area contributed by atoms with E-state index in [9.17, 15) is 4.79 Å². The van der Waals surface area contributed by atoms with E-state index in [1.165, 1.54) is 5.56 Å². The number of benzene rings is 1. The smallest absolute Gasteiger partial charge is 0.226 e. The van der Waals surface area contributed by atoms with Crippen molar-refractivity contribution < 1.29 is 9.53 Å². The lowest BCUT2D eigenvalue weighted by Crippen LogP contribution is -2.43. The minimum Gasteiger partial charge on any atom is -0.378 e. The molecule has 1 saturated heterocycles. The van der Waals surface area contributed by atoms with Crippen molar-refractivity contribution in [3.63, 3.8) is 0 Å². The van der Waals surface area contributed by atoms with Crippen molar-refractivity contribution in [2.24, 2.45) is 0 Å². The van der Waals surface area contributed by atoms with Crippen LogP contribution in [-0.4, -0.2) is 50.7 Å². The van der Waals surface area contributed by atoms with Gasteiger partial charge in [0.05, 0.1) is 13.2 Å². The summed E-state index contributed by atoms with van der Waals surface area (Å²) in [6.07, 6.45) is 0.442. The Kier molecular flexibility index (Phi) is 10.4. The molecule has 1 aromatic rings. The largest absolute Gasteiger partial charge is 0.378 e. The molecule has 2 rings (SSSR count). The van der Waals surface area contributed by atoms with Crippen LogP contribution in [0.1, 0.15) is 17.5 Å². The molecule has 1 unspecified atom stereocenters. The number of nitrogens with zero attached hydrogens (tertiary/aromatic N) is 1. The molecule has 1 fully saturated rings. The highest BCUT2D eigenvalue weighted by molar-refractivity contribution is 5.92. The van der Waals surface area contributed by atoms with Crippen molar-refractivity contribution in [1.29, 1.82) is 0 Å². The maximum absolute atomic E-state index is 12.1. The van der Waals surface area contributed by atoms with E-state index in [0.29, 0.717) is 13.0 Å². The van der Waals surface area contributed by atoms with E-state index in [1.807, 2.05) is 21.0 Å². The number of anilines is 1. The maximum Gasteiger partial charge on any atom is 0.226 e. The normalized spacial score (nSPS) is 17.1. The third-order valence-corrected chi connectivity index (χ3v) is 3.51. The Bertz CT molecular complexity index is 492. The van der Waals surface area contributed by atoms with Crippen molar-refractivity contribution in [3.8, 4) is 0 Å². The first-order valence-corrected chi connectivity index (χ1v) is 7.40. The molecule has 132 valence electrons. The Morgan fingerprint density at radius 1 is 1.39 bits per heavy atom. The summed E-state index contributed by atoms with van der Waals surface area (Å²) in [4.78, 5) is 14.3. The number of aryl methyl sites for hydroxylation is 1. The molecule has 7 heteroatoms. The monoisotopic (exact) mass is 363 g/mol. The third-order valence-electron chi connectivity index (χ3n) is 3.51. The average Bonchev–Trinajstić information content (AvgIpc) is 2.43. The average molecular weight is 364 g/mol. The molecule has 1 heterocycles.